The van der Waals surface area contributed by atoms with Crippen LogP contribution in [0.2, 0.25) is 15.1 Å². The standard InChI is InChI=1S/C26H24Cl3N9O2/c1-13-33-12-38(36-13)15-5-18(28)23(19(29)6-15)25(39)30-11-16(14-9-31-26(32-10-14)37(2)3)24-34-20-7-17(27)22(40-4)8-21(20)35-24/h5-10,12,16H,11H2,1-4H3,(H,30,39)(H,34,35)/t16-/m0/s1. The Morgan fingerprint density at radius 2 is 1.77 bits per heavy atom. The number of carbonyl (C=O) groups is 1. The summed E-state index contributed by atoms with van der Waals surface area (Å²) in [4.78, 5) is 36.2. The van der Waals surface area contributed by atoms with Gasteiger partial charge in [0.2, 0.25) is 5.95 Å². The van der Waals surface area contributed by atoms with Crippen LogP contribution in [-0.4, -0.2) is 68.4 Å². The number of hydrogen-bond donors (Lipinski definition) is 2. The number of carbonyl (C=O) groups excluding carboxylic acids is 1. The number of hydrogen-bond acceptors (Lipinski definition) is 8. The summed E-state index contributed by atoms with van der Waals surface area (Å²) >= 11 is 19.3. The summed E-state index contributed by atoms with van der Waals surface area (Å²) in [6.07, 6.45) is 4.95. The first-order valence-electron chi connectivity index (χ1n) is 12.0. The molecular formula is C26H24Cl3N9O2. The van der Waals surface area contributed by atoms with Crippen LogP contribution in [0.25, 0.3) is 16.7 Å². The summed E-state index contributed by atoms with van der Waals surface area (Å²) in [5.74, 6) is 1.34. The maximum atomic E-state index is 13.3. The Morgan fingerprint density at radius 1 is 1.07 bits per heavy atom. The molecular weight excluding hydrogens is 577 g/mol. The lowest BCUT2D eigenvalue weighted by Crippen LogP contribution is -2.30. The highest BCUT2D eigenvalue weighted by atomic mass is 35.5. The summed E-state index contributed by atoms with van der Waals surface area (Å²) < 4.78 is 6.86. The van der Waals surface area contributed by atoms with Gasteiger partial charge in [-0.3, -0.25) is 4.79 Å². The summed E-state index contributed by atoms with van der Waals surface area (Å²) in [6, 6.07) is 6.71. The third kappa shape index (κ3) is 5.53. The lowest BCUT2D eigenvalue weighted by Gasteiger charge is -2.18. The molecule has 0 aliphatic rings. The fraction of sp³-hybridized carbons (Fsp3) is 0.231. The first-order chi connectivity index (χ1) is 19.1. The molecule has 2 N–H and O–H groups in total. The topological polar surface area (TPSA) is 127 Å². The number of halogens is 3. The van der Waals surface area contributed by atoms with Crippen molar-refractivity contribution in [3.63, 3.8) is 0 Å². The van der Waals surface area contributed by atoms with Gasteiger partial charge in [0, 0.05) is 44.7 Å². The lowest BCUT2D eigenvalue weighted by atomic mass is 10.0. The van der Waals surface area contributed by atoms with Crippen LogP contribution in [0, 0.1) is 6.92 Å². The van der Waals surface area contributed by atoms with E-state index in [1.54, 1.807) is 61.9 Å². The Labute approximate surface area is 244 Å². The zero-order valence-electron chi connectivity index (χ0n) is 21.9. The fourth-order valence-electron chi connectivity index (χ4n) is 4.13. The predicted molar refractivity (Wildman–Crippen MR) is 154 cm³/mol. The molecule has 206 valence electrons. The number of aryl methyl sites for hydroxylation is 1. The monoisotopic (exact) mass is 599 g/mol. The second-order valence-electron chi connectivity index (χ2n) is 9.12. The van der Waals surface area contributed by atoms with Crippen molar-refractivity contribution in [3.05, 3.63) is 80.8 Å². The second kappa shape index (κ2) is 11.3. The molecule has 0 fully saturated rings. The number of methoxy groups -OCH3 is 1. The first-order valence-corrected chi connectivity index (χ1v) is 13.2. The molecule has 0 saturated heterocycles. The van der Waals surface area contributed by atoms with E-state index in [9.17, 15) is 4.79 Å². The molecule has 1 atom stereocenters. The van der Waals surface area contributed by atoms with Gasteiger partial charge < -0.3 is 19.9 Å². The highest BCUT2D eigenvalue weighted by Gasteiger charge is 2.24. The van der Waals surface area contributed by atoms with Gasteiger partial charge >= 0.3 is 0 Å². The average molecular weight is 601 g/mol. The third-order valence-corrected chi connectivity index (χ3v) is 7.05. The number of aromatic nitrogens is 7. The van der Waals surface area contributed by atoms with Crippen molar-refractivity contribution in [1.82, 2.24) is 40.0 Å². The summed E-state index contributed by atoms with van der Waals surface area (Å²) in [5, 5.41) is 8.00. The smallest absolute Gasteiger partial charge is 0.254 e. The van der Waals surface area contributed by atoms with Crippen LogP contribution in [-0.2, 0) is 0 Å². The van der Waals surface area contributed by atoms with E-state index >= 15 is 0 Å². The quantitative estimate of drug-likeness (QED) is 0.259. The van der Waals surface area contributed by atoms with E-state index in [0.29, 0.717) is 45.1 Å². The minimum Gasteiger partial charge on any atom is -0.495 e. The predicted octanol–water partition coefficient (Wildman–Crippen LogP) is 4.84. The zero-order valence-corrected chi connectivity index (χ0v) is 24.2. The Kier molecular flexibility index (Phi) is 7.79. The number of nitrogens with zero attached hydrogens (tertiary/aromatic N) is 7. The number of fused-ring (bicyclic) bond motifs is 1. The van der Waals surface area contributed by atoms with Gasteiger partial charge in [0.1, 0.15) is 23.7 Å². The third-order valence-electron chi connectivity index (χ3n) is 6.16. The number of aromatic amines is 1. The van der Waals surface area contributed by atoms with Gasteiger partial charge in [-0.25, -0.2) is 24.6 Å². The number of imidazole rings is 1. The minimum absolute atomic E-state index is 0.142. The van der Waals surface area contributed by atoms with Crippen LogP contribution in [0.3, 0.4) is 0 Å². The molecule has 0 spiro atoms. The SMILES string of the molecule is COc1cc2nc([C@@H](CNC(=O)c3c(Cl)cc(-n4cnc(C)n4)cc3Cl)c3cnc(N(C)C)nc3)[nH]c2cc1Cl. The highest BCUT2D eigenvalue weighted by molar-refractivity contribution is 6.40. The van der Waals surface area contributed by atoms with Crippen molar-refractivity contribution in [2.24, 2.45) is 0 Å². The Morgan fingerprint density at radius 3 is 2.38 bits per heavy atom. The number of ether oxygens (including phenoxy) is 1. The van der Waals surface area contributed by atoms with E-state index in [-0.39, 0.29) is 22.2 Å². The molecule has 14 heteroatoms. The van der Waals surface area contributed by atoms with Gasteiger partial charge in [0.05, 0.1) is 50.4 Å². The first kappa shape index (κ1) is 27.6. The van der Waals surface area contributed by atoms with Crippen LogP contribution in [0.5, 0.6) is 5.75 Å². The minimum atomic E-state index is -0.451. The maximum absolute atomic E-state index is 13.3. The summed E-state index contributed by atoms with van der Waals surface area (Å²) in [7, 11) is 5.25. The van der Waals surface area contributed by atoms with E-state index in [4.69, 9.17) is 44.5 Å². The normalized spacial score (nSPS) is 12.0. The molecule has 2 aromatic carbocycles. The Balaban J connectivity index is 1.46. The van der Waals surface area contributed by atoms with Gasteiger partial charge in [-0.2, -0.15) is 5.10 Å². The fourth-order valence-corrected chi connectivity index (χ4v) is 5.02. The number of nitrogens with one attached hydrogen (secondary N) is 2. The van der Waals surface area contributed by atoms with Crippen molar-refractivity contribution in [1.29, 1.82) is 0 Å². The van der Waals surface area contributed by atoms with Gasteiger partial charge in [-0.05, 0) is 25.1 Å². The van der Waals surface area contributed by atoms with Crippen molar-refractivity contribution >= 4 is 57.7 Å². The van der Waals surface area contributed by atoms with Gasteiger partial charge in [0.15, 0.2) is 0 Å². The molecule has 3 aromatic heterocycles. The average Bonchev–Trinajstić information content (AvgIpc) is 3.53. The summed E-state index contributed by atoms with van der Waals surface area (Å²) in [5.41, 5.74) is 2.83. The van der Waals surface area contributed by atoms with E-state index in [1.807, 2.05) is 14.1 Å². The number of H-pyrrole nitrogens is 1. The Hall–Kier alpha value is -3.93. The molecule has 5 rings (SSSR count). The largest absolute Gasteiger partial charge is 0.495 e. The van der Waals surface area contributed by atoms with Crippen molar-refractivity contribution in [2.75, 3.05) is 32.6 Å². The molecule has 5 aromatic rings. The van der Waals surface area contributed by atoms with Crippen molar-refractivity contribution in [3.8, 4) is 11.4 Å². The molecule has 3 heterocycles. The second-order valence-corrected chi connectivity index (χ2v) is 10.3. The maximum Gasteiger partial charge on any atom is 0.254 e. The van der Waals surface area contributed by atoms with E-state index in [2.05, 4.69) is 30.4 Å². The van der Waals surface area contributed by atoms with Crippen LogP contribution in [0.1, 0.15) is 33.5 Å². The molecule has 0 unspecified atom stereocenters. The van der Waals surface area contributed by atoms with Crippen molar-refractivity contribution < 1.29 is 9.53 Å². The number of rotatable bonds is 8. The molecule has 11 nitrogen and oxygen atoms in total. The van der Waals surface area contributed by atoms with Crippen molar-refractivity contribution in [2.45, 2.75) is 12.8 Å². The molecule has 1 amide bonds. The molecule has 0 aliphatic carbocycles. The Bertz CT molecular complexity index is 1680. The lowest BCUT2D eigenvalue weighted by molar-refractivity contribution is 0.0952. The van der Waals surface area contributed by atoms with Gasteiger partial charge in [-0.1, -0.05) is 34.8 Å². The van der Waals surface area contributed by atoms with Crippen LogP contribution < -0.4 is 15.0 Å². The number of anilines is 1. The van der Waals surface area contributed by atoms with E-state index < -0.39 is 11.8 Å². The number of amides is 1. The molecule has 0 saturated carbocycles. The zero-order chi connectivity index (χ0) is 28.6. The highest BCUT2D eigenvalue weighted by Crippen LogP contribution is 2.32. The van der Waals surface area contributed by atoms with Crippen LogP contribution in [0.4, 0.5) is 5.95 Å². The summed E-state index contributed by atoms with van der Waals surface area (Å²) in [6.45, 7) is 1.91. The number of benzene rings is 2. The van der Waals surface area contributed by atoms with E-state index in [0.717, 1.165) is 5.56 Å². The van der Waals surface area contributed by atoms with Crippen LogP contribution >= 0.6 is 34.8 Å². The molecule has 40 heavy (non-hydrogen) atoms. The molecule has 0 radical (unpaired) electrons. The van der Waals surface area contributed by atoms with Crippen LogP contribution in [0.15, 0.2) is 43.0 Å². The van der Waals surface area contributed by atoms with Gasteiger partial charge in [-0.15, -0.1) is 0 Å². The van der Waals surface area contributed by atoms with Gasteiger partial charge in [0.25, 0.3) is 5.91 Å². The molecule has 0 bridgehead atoms. The van der Waals surface area contributed by atoms with E-state index in [1.165, 1.54) is 4.68 Å². The molecule has 0 aliphatic heterocycles.